The summed E-state index contributed by atoms with van der Waals surface area (Å²) in [5, 5.41) is 0. The smallest absolute Gasteiger partial charge is 0.0931 e. The van der Waals surface area contributed by atoms with Crippen LogP contribution in [0.2, 0.25) is 4.34 Å². The summed E-state index contributed by atoms with van der Waals surface area (Å²) in [6.45, 7) is 3.85. The van der Waals surface area contributed by atoms with Gasteiger partial charge in [-0.05, 0) is 26.1 Å². The Morgan fingerprint density at radius 2 is 2.31 bits per heavy atom. The second-order valence-corrected chi connectivity index (χ2v) is 5.18. The van der Waals surface area contributed by atoms with Crippen LogP contribution in [0.15, 0.2) is 12.1 Å². The first-order valence-corrected chi connectivity index (χ1v) is 5.45. The largest absolute Gasteiger partial charge is 0.327 e. The van der Waals surface area contributed by atoms with Crippen LogP contribution in [0.1, 0.15) is 11.8 Å². The Labute approximate surface area is 88.3 Å². The van der Waals surface area contributed by atoms with Gasteiger partial charge < -0.3 is 5.73 Å². The molecule has 1 aromatic heterocycles. The lowest BCUT2D eigenvalue weighted by molar-refractivity contribution is 0.312. The van der Waals surface area contributed by atoms with Gasteiger partial charge in [-0.15, -0.1) is 11.3 Å². The average molecular weight is 219 g/mol. The Morgan fingerprint density at radius 1 is 1.62 bits per heavy atom. The number of thiophene rings is 1. The fraction of sp³-hybridized carbons (Fsp3) is 0.556. The van der Waals surface area contributed by atoms with Gasteiger partial charge in [0, 0.05) is 24.0 Å². The third-order valence-corrected chi connectivity index (χ3v) is 2.87. The molecule has 0 spiro atoms. The highest BCUT2D eigenvalue weighted by molar-refractivity contribution is 7.16. The van der Waals surface area contributed by atoms with Gasteiger partial charge in [0.1, 0.15) is 0 Å². The molecular weight excluding hydrogens is 204 g/mol. The van der Waals surface area contributed by atoms with Crippen LogP contribution in [0.3, 0.4) is 0 Å². The molecule has 0 amide bonds. The van der Waals surface area contributed by atoms with Crippen LogP contribution in [0.4, 0.5) is 0 Å². The maximum atomic E-state index is 5.82. The standard InChI is InChI=1S/C9H15ClN2S/c1-7(11)5-12(2)6-8-3-4-9(10)13-8/h3-4,7H,5-6,11H2,1-2H3. The third kappa shape index (κ3) is 4.09. The number of likely N-dealkylation sites (N-methyl/N-ethyl adjacent to an activating group) is 1. The van der Waals surface area contributed by atoms with Crippen LogP contribution < -0.4 is 5.73 Å². The molecule has 13 heavy (non-hydrogen) atoms. The zero-order valence-electron chi connectivity index (χ0n) is 7.96. The van der Waals surface area contributed by atoms with E-state index in [-0.39, 0.29) is 6.04 Å². The molecule has 0 bridgehead atoms. The van der Waals surface area contributed by atoms with Gasteiger partial charge in [0.15, 0.2) is 0 Å². The van der Waals surface area contributed by atoms with Gasteiger partial charge in [0.05, 0.1) is 4.34 Å². The SMILES string of the molecule is CC(N)CN(C)Cc1ccc(Cl)s1. The number of nitrogens with two attached hydrogens (primary N) is 1. The van der Waals surface area contributed by atoms with Crippen molar-refractivity contribution in [3.05, 3.63) is 21.3 Å². The van der Waals surface area contributed by atoms with Crippen molar-refractivity contribution in [2.75, 3.05) is 13.6 Å². The van der Waals surface area contributed by atoms with Crippen molar-refractivity contribution in [3.63, 3.8) is 0 Å². The Hall–Kier alpha value is -0.0900. The van der Waals surface area contributed by atoms with Crippen LogP contribution in [0.5, 0.6) is 0 Å². The fourth-order valence-electron chi connectivity index (χ4n) is 1.26. The first-order chi connectivity index (χ1) is 6.08. The molecule has 1 heterocycles. The molecule has 0 aliphatic carbocycles. The van der Waals surface area contributed by atoms with Crippen molar-refractivity contribution in [2.45, 2.75) is 19.5 Å². The van der Waals surface area contributed by atoms with Crippen LogP contribution in [0, 0.1) is 0 Å². The molecule has 1 atom stereocenters. The van der Waals surface area contributed by atoms with Gasteiger partial charge in [-0.2, -0.15) is 0 Å². The molecule has 0 fully saturated rings. The van der Waals surface area contributed by atoms with Crippen molar-refractivity contribution in [2.24, 2.45) is 5.73 Å². The predicted octanol–water partition coefficient (Wildman–Crippen LogP) is 2.18. The molecule has 0 aromatic carbocycles. The molecule has 1 rings (SSSR count). The molecule has 2 N–H and O–H groups in total. The maximum absolute atomic E-state index is 5.82. The molecule has 1 aromatic rings. The van der Waals surface area contributed by atoms with E-state index in [0.29, 0.717) is 0 Å². The van der Waals surface area contributed by atoms with Gasteiger partial charge in [-0.25, -0.2) is 0 Å². The molecular formula is C9H15ClN2S. The van der Waals surface area contributed by atoms with Gasteiger partial charge in [0.2, 0.25) is 0 Å². The second-order valence-electron chi connectivity index (χ2n) is 3.38. The minimum atomic E-state index is 0.223. The third-order valence-electron chi connectivity index (χ3n) is 1.65. The second kappa shape index (κ2) is 4.96. The molecule has 0 aliphatic rings. The van der Waals surface area contributed by atoms with E-state index in [0.717, 1.165) is 17.4 Å². The summed E-state index contributed by atoms with van der Waals surface area (Å²) < 4.78 is 0.851. The van der Waals surface area contributed by atoms with Crippen molar-refractivity contribution in [1.29, 1.82) is 0 Å². The quantitative estimate of drug-likeness (QED) is 0.840. The first-order valence-electron chi connectivity index (χ1n) is 4.26. The minimum Gasteiger partial charge on any atom is -0.327 e. The molecule has 0 radical (unpaired) electrons. The fourth-order valence-corrected chi connectivity index (χ4v) is 2.43. The average Bonchev–Trinajstić information content (AvgIpc) is 2.33. The summed E-state index contributed by atoms with van der Waals surface area (Å²) in [4.78, 5) is 3.49. The van der Waals surface area contributed by atoms with Crippen molar-refractivity contribution in [3.8, 4) is 0 Å². The molecule has 74 valence electrons. The number of rotatable bonds is 4. The first kappa shape index (κ1) is 11.0. The van der Waals surface area contributed by atoms with Crippen LogP contribution in [-0.2, 0) is 6.54 Å². The molecule has 1 unspecified atom stereocenters. The van der Waals surface area contributed by atoms with Gasteiger partial charge in [-0.1, -0.05) is 11.6 Å². The van der Waals surface area contributed by atoms with Crippen LogP contribution >= 0.6 is 22.9 Å². The molecule has 0 saturated heterocycles. The number of hydrogen-bond acceptors (Lipinski definition) is 3. The summed E-state index contributed by atoms with van der Waals surface area (Å²) in [6.07, 6.45) is 0. The Kier molecular flexibility index (Phi) is 4.19. The molecule has 0 saturated carbocycles. The van der Waals surface area contributed by atoms with Gasteiger partial charge >= 0.3 is 0 Å². The highest BCUT2D eigenvalue weighted by atomic mass is 35.5. The van der Waals surface area contributed by atoms with E-state index < -0.39 is 0 Å². The predicted molar refractivity (Wildman–Crippen MR) is 59.3 cm³/mol. The van der Waals surface area contributed by atoms with Gasteiger partial charge in [0.25, 0.3) is 0 Å². The zero-order valence-corrected chi connectivity index (χ0v) is 9.53. The normalized spacial score (nSPS) is 13.6. The summed E-state index contributed by atoms with van der Waals surface area (Å²) in [5.41, 5.74) is 5.69. The van der Waals surface area contributed by atoms with Crippen molar-refractivity contribution in [1.82, 2.24) is 4.90 Å². The monoisotopic (exact) mass is 218 g/mol. The Balaban J connectivity index is 2.40. The van der Waals surface area contributed by atoms with E-state index in [2.05, 4.69) is 18.0 Å². The number of halogens is 1. The lowest BCUT2D eigenvalue weighted by Gasteiger charge is -2.17. The topological polar surface area (TPSA) is 29.3 Å². The van der Waals surface area contributed by atoms with E-state index in [4.69, 9.17) is 17.3 Å². The van der Waals surface area contributed by atoms with Crippen LogP contribution in [-0.4, -0.2) is 24.5 Å². The Morgan fingerprint density at radius 3 is 2.77 bits per heavy atom. The molecule has 4 heteroatoms. The molecule has 2 nitrogen and oxygen atoms in total. The summed E-state index contributed by atoms with van der Waals surface area (Å²) >= 11 is 7.45. The van der Waals surface area contributed by atoms with E-state index in [1.807, 2.05) is 13.0 Å². The van der Waals surface area contributed by atoms with E-state index in [9.17, 15) is 0 Å². The van der Waals surface area contributed by atoms with Crippen molar-refractivity contribution < 1.29 is 0 Å². The maximum Gasteiger partial charge on any atom is 0.0931 e. The number of nitrogens with zero attached hydrogens (tertiary/aromatic N) is 1. The minimum absolute atomic E-state index is 0.223. The van der Waals surface area contributed by atoms with Gasteiger partial charge in [-0.3, -0.25) is 4.90 Å². The number of hydrogen-bond donors (Lipinski definition) is 1. The summed E-state index contributed by atoms with van der Waals surface area (Å²) in [6, 6.07) is 4.21. The summed E-state index contributed by atoms with van der Waals surface area (Å²) in [5.74, 6) is 0. The lowest BCUT2D eigenvalue weighted by Crippen LogP contribution is -2.32. The van der Waals surface area contributed by atoms with E-state index in [1.54, 1.807) is 11.3 Å². The summed E-state index contributed by atoms with van der Waals surface area (Å²) in [7, 11) is 2.07. The Bertz CT molecular complexity index is 260. The van der Waals surface area contributed by atoms with Crippen LogP contribution in [0.25, 0.3) is 0 Å². The van der Waals surface area contributed by atoms with E-state index >= 15 is 0 Å². The molecule has 0 aliphatic heterocycles. The van der Waals surface area contributed by atoms with E-state index in [1.165, 1.54) is 4.88 Å². The van der Waals surface area contributed by atoms with Crippen molar-refractivity contribution >= 4 is 22.9 Å². The zero-order chi connectivity index (χ0) is 9.84. The highest BCUT2D eigenvalue weighted by Crippen LogP contribution is 2.22. The lowest BCUT2D eigenvalue weighted by atomic mass is 10.3. The highest BCUT2D eigenvalue weighted by Gasteiger charge is 2.04.